The van der Waals surface area contributed by atoms with Gasteiger partial charge in [0.25, 0.3) is 11.2 Å². The first-order valence-corrected chi connectivity index (χ1v) is 13.4. The highest BCUT2D eigenvalue weighted by Crippen LogP contribution is 2.53. The first kappa shape index (κ1) is 30.9. The van der Waals surface area contributed by atoms with Gasteiger partial charge in [0.1, 0.15) is 24.0 Å². The van der Waals surface area contributed by atoms with Gasteiger partial charge >= 0.3 is 19.9 Å². The van der Waals surface area contributed by atoms with Gasteiger partial charge in [0, 0.05) is 12.3 Å². The van der Waals surface area contributed by atoms with Gasteiger partial charge in [0.15, 0.2) is 11.0 Å². The van der Waals surface area contributed by atoms with Crippen LogP contribution in [0.2, 0.25) is 0 Å². The van der Waals surface area contributed by atoms with Crippen LogP contribution in [-0.4, -0.2) is 63.4 Å². The highest BCUT2D eigenvalue weighted by Gasteiger charge is 2.73. The van der Waals surface area contributed by atoms with Crippen LogP contribution in [-0.2, 0) is 23.4 Å². The maximum Gasteiger partial charge on any atom is 0.459 e. The zero-order valence-corrected chi connectivity index (χ0v) is 22.5. The number of nitrogens with one attached hydrogen (secondary N) is 2. The number of benzene rings is 1. The highest BCUT2D eigenvalue weighted by molar-refractivity contribution is 7.71. The van der Waals surface area contributed by atoms with E-state index in [1.165, 1.54) is 31.2 Å². The fourth-order valence-corrected chi connectivity index (χ4v) is 5.34. The molecule has 1 aliphatic heterocycles. The molecule has 216 valence electrons. The molecule has 3 rings (SSSR count). The number of carbonyl (C=O) groups excluding carboxylic acids is 1. The Balaban J connectivity index is 1.90. The molecular formula is C22H26F4N3O8PS. The molecular weight excluding hydrogens is 573 g/mol. The van der Waals surface area contributed by atoms with Crippen molar-refractivity contribution < 1.29 is 50.5 Å². The van der Waals surface area contributed by atoms with Crippen LogP contribution in [0.1, 0.15) is 27.0 Å². The average Bonchev–Trinajstić information content (AvgIpc) is 3.09. The molecule has 1 aromatic carbocycles. The van der Waals surface area contributed by atoms with E-state index in [1.807, 2.05) is 4.98 Å². The number of hydrogen-bond acceptors (Lipinski definition) is 9. The Bertz CT molecular complexity index is 1320. The summed E-state index contributed by atoms with van der Waals surface area (Å²) in [4.78, 5) is 25.7. The molecule has 2 unspecified atom stereocenters. The van der Waals surface area contributed by atoms with Crippen LogP contribution < -0.4 is 15.2 Å². The SMILES string of the molecule is CC(C)OC(=O)[C@H](C)NP(=O)(OC[C@H]1O[C@@H](n2ccc(=O)[nH]c2=S)C(F)(C(F)(F)F)[C@H]1O)Oc1ccccc1. The van der Waals surface area contributed by atoms with E-state index >= 15 is 4.39 Å². The van der Waals surface area contributed by atoms with E-state index in [1.54, 1.807) is 19.9 Å². The fraction of sp³-hybridized carbons (Fsp3) is 0.500. The number of H-pyrrole nitrogens is 1. The molecule has 0 radical (unpaired) electrons. The van der Waals surface area contributed by atoms with E-state index in [-0.39, 0.29) is 5.75 Å². The van der Waals surface area contributed by atoms with Crippen molar-refractivity contribution in [1.29, 1.82) is 0 Å². The van der Waals surface area contributed by atoms with Gasteiger partial charge in [-0.25, -0.2) is 8.96 Å². The quantitative estimate of drug-likeness (QED) is 0.161. The number of halogens is 4. The Kier molecular flexibility index (Phi) is 9.40. The molecule has 6 atom stereocenters. The Morgan fingerprint density at radius 1 is 1.28 bits per heavy atom. The highest BCUT2D eigenvalue weighted by atomic mass is 32.1. The molecule has 0 bridgehead atoms. The van der Waals surface area contributed by atoms with E-state index in [2.05, 4.69) is 5.09 Å². The number of rotatable bonds is 10. The van der Waals surface area contributed by atoms with Gasteiger partial charge in [0.2, 0.25) is 0 Å². The monoisotopic (exact) mass is 599 g/mol. The van der Waals surface area contributed by atoms with Crippen LogP contribution in [0.3, 0.4) is 0 Å². The van der Waals surface area contributed by atoms with Crippen molar-refractivity contribution in [3.8, 4) is 5.75 Å². The third-order valence-corrected chi connectivity index (χ3v) is 7.38. The molecule has 0 saturated carbocycles. The summed E-state index contributed by atoms with van der Waals surface area (Å²) in [5.41, 5.74) is -5.18. The zero-order chi connectivity index (χ0) is 29.2. The molecule has 3 N–H and O–H groups in total. The lowest BCUT2D eigenvalue weighted by molar-refractivity contribution is -0.273. The number of ether oxygens (including phenoxy) is 2. The van der Waals surface area contributed by atoms with E-state index < -0.39 is 73.1 Å². The Labute approximate surface area is 224 Å². The number of aromatic nitrogens is 2. The number of aliphatic hydroxyl groups excluding tert-OH is 1. The number of esters is 1. The van der Waals surface area contributed by atoms with Crippen molar-refractivity contribution in [3.05, 3.63) is 57.7 Å². The molecule has 39 heavy (non-hydrogen) atoms. The molecule has 1 fully saturated rings. The number of carbonyl (C=O) groups is 1. The molecule has 0 spiro atoms. The average molecular weight is 599 g/mol. The molecule has 1 aliphatic rings. The summed E-state index contributed by atoms with van der Waals surface area (Å²) >= 11 is 4.84. The Morgan fingerprint density at radius 2 is 1.92 bits per heavy atom. The summed E-state index contributed by atoms with van der Waals surface area (Å²) in [6.07, 6.45) is -12.9. The first-order valence-electron chi connectivity index (χ1n) is 11.5. The summed E-state index contributed by atoms with van der Waals surface area (Å²) in [6.45, 7) is 3.35. The smallest absolute Gasteiger partial charge is 0.459 e. The van der Waals surface area contributed by atoms with E-state index in [9.17, 15) is 32.4 Å². The molecule has 2 aromatic rings. The summed E-state index contributed by atoms with van der Waals surface area (Å²) in [5.74, 6) is -0.840. The topological polar surface area (TPSA) is 141 Å². The normalized spacial score (nSPS) is 25.7. The van der Waals surface area contributed by atoms with Gasteiger partial charge in [-0.05, 0) is 45.1 Å². The predicted octanol–water partition coefficient (Wildman–Crippen LogP) is 3.57. The standard InChI is InChI=1S/C22H26F4N3O8PS/c1-12(2)35-18(32)13(3)28-38(33,37-14-7-5-4-6-8-14)34-11-15-17(31)21(23,22(24,25)26)19(36-15)29-10-9-16(30)27-20(29)39/h4-10,12-13,15,17,19,31H,11H2,1-3H3,(H,28,33)(H,27,30,39)/t13-,15+,17-,19+,21?,38?/m0/s1. The van der Waals surface area contributed by atoms with Crippen molar-refractivity contribution in [2.24, 2.45) is 0 Å². The summed E-state index contributed by atoms with van der Waals surface area (Å²) in [7, 11) is -4.58. The Morgan fingerprint density at radius 3 is 2.49 bits per heavy atom. The number of aromatic amines is 1. The number of para-hydroxylation sites is 1. The van der Waals surface area contributed by atoms with Crippen LogP contribution >= 0.6 is 20.0 Å². The second-order valence-corrected chi connectivity index (χ2v) is 10.9. The van der Waals surface area contributed by atoms with Crippen molar-refractivity contribution in [2.45, 2.75) is 63.2 Å². The van der Waals surface area contributed by atoms with E-state index in [4.69, 9.17) is 30.7 Å². The lowest BCUT2D eigenvalue weighted by atomic mass is 9.95. The minimum Gasteiger partial charge on any atom is -0.462 e. The molecule has 17 heteroatoms. The lowest BCUT2D eigenvalue weighted by Gasteiger charge is -2.31. The van der Waals surface area contributed by atoms with Crippen molar-refractivity contribution in [2.75, 3.05) is 6.61 Å². The fourth-order valence-electron chi connectivity index (χ4n) is 3.58. The van der Waals surface area contributed by atoms with Crippen molar-refractivity contribution in [1.82, 2.24) is 14.6 Å². The van der Waals surface area contributed by atoms with Crippen molar-refractivity contribution in [3.63, 3.8) is 0 Å². The number of aliphatic hydroxyl groups is 1. The van der Waals surface area contributed by atoms with Crippen LogP contribution in [0.25, 0.3) is 0 Å². The second kappa shape index (κ2) is 11.9. The minimum atomic E-state index is -5.67. The molecule has 1 aromatic heterocycles. The van der Waals surface area contributed by atoms with E-state index in [0.717, 1.165) is 12.3 Å². The molecule has 1 saturated heterocycles. The summed E-state index contributed by atoms with van der Waals surface area (Å²) < 4.78 is 91.7. The van der Waals surface area contributed by atoms with Gasteiger partial charge in [-0.15, -0.1) is 0 Å². The second-order valence-electron chi connectivity index (χ2n) is 8.79. The molecule has 11 nitrogen and oxygen atoms in total. The van der Waals surface area contributed by atoms with Gasteiger partial charge in [0.05, 0.1) is 12.7 Å². The van der Waals surface area contributed by atoms with Gasteiger partial charge < -0.3 is 19.1 Å². The zero-order valence-electron chi connectivity index (χ0n) is 20.8. The number of nitrogens with zero attached hydrogens (tertiary/aromatic N) is 1. The molecule has 2 heterocycles. The van der Waals surface area contributed by atoms with Crippen LogP contribution in [0.5, 0.6) is 5.75 Å². The summed E-state index contributed by atoms with van der Waals surface area (Å²) in [6, 6.07) is 6.96. The maximum atomic E-state index is 15.6. The molecule has 0 aliphatic carbocycles. The maximum absolute atomic E-state index is 15.6. The van der Waals surface area contributed by atoms with Crippen molar-refractivity contribution >= 4 is 25.9 Å². The largest absolute Gasteiger partial charge is 0.462 e. The Hall–Kier alpha value is -2.62. The third kappa shape index (κ3) is 6.94. The van der Waals surface area contributed by atoms with Crippen LogP contribution in [0, 0.1) is 4.77 Å². The summed E-state index contributed by atoms with van der Waals surface area (Å²) in [5, 5.41) is 12.7. The number of alkyl halides is 4. The number of hydrogen-bond donors (Lipinski definition) is 3. The minimum absolute atomic E-state index is 0.00167. The third-order valence-electron chi connectivity index (χ3n) is 5.42. The van der Waals surface area contributed by atoms with E-state index in [0.29, 0.717) is 4.57 Å². The first-order chi connectivity index (χ1) is 18.1. The van der Waals surface area contributed by atoms with Gasteiger partial charge in [-0.3, -0.25) is 23.7 Å². The molecule has 0 amide bonds. The van der Waals surface area contributed by atoms with Gasteiger partial charge in [-0.2, -0.15) is 18.3 Å². The van der Waals surface area contributed by atoms with Crippen LogP contribution in [0.4, 0.5) is 17.6 Å². The van der Waals surface area contributed by atoms with Crippen LogP contribution in [0.15, 0.2) is 47.4 Å². The van der Waals surface area contributed by atoms with Gasteiger partial charge in [-0.1, -0.05) is 18.2 Å². The predicted molar refractivity (Wildman–Crippen MR) is 130 cm³/mol. The lowest BCUT2D eigenvalue weighted by Crippen LogP contribution is -2.54.